The van der Waals surface area contributed by atoms with Crippen molar-refractivity contribution in [2.24, 2.45) is 5.92 Å². The highest BCUT2D eigenvalue weighted by Gasteiger charge is 2.36. The van der Waals surface area contributed by atoms with Crippen LogP contribution >= 0.6 is 0 Å². The van der Waals surface area contributed by atoms with E-state index in [0.717, 1.165) is 0 Å². The summed E-state index contributed by atoms with van der Waals surface area (Å²) in [6, 6.07) is 4.03. The van der Waals surface area contributed by atoms with Crippen LogP contribution < -0.4 is 10.2 Å². The van der Waals surface area contributed by atoms with Crippen molar-refractivity contribution < 1.29 is 19.1 Å². The van der Waals surface area contributed by atoms with Crippen LogP contribution in [0.1, 0.15) is 6.42 Å². The van der Waals surface area contributed by atoms with E-state index in [0.29, 0.717) is 11.4 Å². The third-order valence-electron chi connectivity index (χ3n) is 2.99. The van der Waals surface area contributed by atoms with Crippen LogP contribution in [0.2, 0.25) is 0 Å². The fourth-order valence-electron chi connectivity index (χ4n) is 2.05. The van der Waals surface area contributed by atoms with E-state index in [1.165, 1.54) is 23.1 Å². The molecule has 1 unspecified atom stereocenters. The molecule has 18 heavy (non-hydrogen) atoms. The van der Waals surface area contributed by atoms with Gasteiger partial charge in [-0.25, -0.2) is 4.39 Å². The van der Waals surface area contributed by atoms with Crippen molar-refractivity contribution >= 4 is 23.3 Å². The highest BCUT2D eigenvalue weighted by atomic mass is 19.1. The van der Waals surface area contributed by atoms with Gasteiger partial charge in [-0.05, 0) is 18.2 Å². The maximum absolute atomic E-state index is 13.2. The predicted molar refractivity (Wildman–Crippen MR) is 64.0 cm³/mol. The molecule has 2 rings (SSSR count). The lowest BCUT2D eigenvalue weighted by Gasteiger charge is -2.19. The molecule has 0 aliphatic carbocycles. The molecule has 1 amide bonds. The lowest BCUT2D eigenvalue weighted by Crippen LogP contribution is -2.26. The zero-order chi connectivity index (χ0) is 13.3. The number of aliphatic carboxylic acids is 1. The molecule has 1 aromatic carbocycles. The van der Waals surface area contributed by atoms with E-state index >= 15 is 0 Å². The molecule has 1 fully saturated rings. The average molecular weight is 252 g/mol. The lowest BCUT2D eigenvalue weighted by molar-refractivity contribution is -0.141. The molecule has 1 aliphatic rings. The minimum Gasteiger partial charge on any atom is -0.481 e. The Morgan fingerprint density at radius 3 is 2.83 bits per heavy atom. The third kappa shape index (κ3) is 2.13. The number of halogens is 1. The normalized spacial score (nSPS) is 19.1. The lowest BCUT2D eigenvalue weighted by atomic mass is 10.1. The zero-order valence-electron chi connectivity index (χ0n) is 9.81. The van der Waals surface area contributed by atoms with Gasteiger partial charge in [0.15, 0.2) is 0 Å². The van der Waals surface area contributed by atoms with Crippen LogP contribution in [-0.4, -0.2) is 30.6 Å². The van der Waals surface area contributed by atoms with E-state index in [1.54, 1.807) is 7.05 Å². The number of anilines is 2. The summed E-state index contributed by atoms with van der Waals surface area (Å²) in [4.78, 5) is 24.0. The standard InChI is InChI=1S/C12H13FN2O3/c1-14-9-3-2-8(13)5-10(9)15-6-7(12(17)18)4-11(15)16/h2-3,5,7,14H,4,6H2,1H3,(H,17,18). The second-order valence-electron chi connectivity index (χ2n) is 4.16. The number of carboxylic acids is 1. The first-order chi connectivity index (χ1) is 8.52. The fourth-order valence-corrected chi connectivity index (χ4v) is 2.05. The predicted octanol–water partition coefficient (Wildman–Crippen LogP) is 1.30. The molecule has 5 nitrogen and oxygen atoms in total. The Bertz CT molecular complexity index is 504. The van der Waals surface area contributed by atoms with Crippen LogP contribution in [0.5, 0.6) is 0 Å². The van der Waals surface area contributed by atoms with Crippen molar-refractivity contribution in [2.75, 3.05) is 23.8 Å². The first-order valence-corrected chi connectivity index (χ1v) is 5.53. The molecule has 0 radical (unpaired) electrons. The number of carbonyl (C=O) groups excluding carboxylic acids is 1. The van der Waals surface area contributed by atoms with Gasteiger partial charge in [-0.2, -0.15) is 0 Å². The van der Waals surface area contributed by atoms with Gasteiger partial charge in [0.25, 0.3) is 0 Å². The maximum Gasteiger partial charge on any atom is 0.308 e. The van der Waals surface area contributed by atoms with Crippen molar-refractivity contribution in [1.29, 1.82) is 0 Å². The van der Waals surface area contributed by atoms with E-state index in [4.69, 9.17) is 5.11 Å². The molecule has 1 aromatic rings. The number of nitrogens with one attached hydrogen (secondary N) is 1. The first-order valence-electron chi connectivity index (χ1n) is 5.53. The minimum absolute atomic E-state index is 0.0466. The molecule has 6 heteroatoms. The molecular formula is C12H13FN2O3. The van der Waals surface area contributed by atoms with Crippen LogP contribution in [0.3, 0.4) is 0 Å². The second kappa shape index (κ2) is 4.64. The summed E-state index contributed by atoms with van der Waals surface area (Å²) in [5.41, 5.74) is 0.974. The van der Waals surface area contributed by atoms with Gasteiger partial charge in [0.05, 0.1) is 17.3 Å². The van der Waals surface area contributed by atoms with Gasteiger partial charge in [-0.1, -0.05) is 0 Å². The van der Waals surface area contributed by atoms with Crippen LogP contribution in [0.25, 0.3) is 0 Å². The Labute approximate surface area is 103 Å². The number of hydrogen-bond donors (Lipinski definition) is 2. The number of nitrogens with zero attached hydrogens (tertiary/aromatic N) is 1. The number of rotatable bonds is 3. The summed E-state index contributed by atoms with van der Waals surface area (Å²) in [5, 5.41) is 11.8. The van der Waals surface area contributed by atoms with E-state index in [2.05, 4.69) is 5.32 Å². The van der Waals surface area contributed by atoms with E-state index in [-0.39, 0.29) is 18.9 Å². The van der Waals surface area contributed by atoms with Gasteiger partial charge in [0, 0.05) is 20.0 Å². The van der Waals surface area contributed by atoms with Gasteiger partial charge in [0.1, 0.15) is 5.82 Å². The number of hydrogen-bond acceptors (Lipinski definition) is 3. The Hall–Kier alpha value is -2.11. The molecule has 0 aromatic heterocycles. The van der Waals surface area contributed by atoms with Crippen molar-refractivity contribution in [3.05, 3.63) is 24.0 Å². The molecule has 0 saturated carbocycles. The molecule has 0 bridgehead atoms. The van der Waals surface area contributed by atoms with Gasteiger partial charge < -0.3 is 15.3 Å². The van der Waals surface area contributed by atoms with E-state index in [1.807, 2.05) is 0 Å². The zero-order valence-corrected chi connectivity index (χ0v) is 9.81. The fraction of sp³-hybridized carbons (Fsp3) is 0.333. The van der Waals surface area contributed by atoms with Crippen molar-refractivity contribution in [1.82, 2.24) is 0 Å². The maximum atomic E-state index is 13.2. The number of carboxylic acid groups (broad SMARTS) is 1. The van der Waals surface area contributed by atoms with Crippen LogP contribution in [0.15, 0.2) is 18.2 Å². The van der Waals surface area contributed by atoms with Crippen LogP contribution in [0, 0.1) is 11.7 Å². The van der Waals surface area contributed by atoms with Crippen molar-refractivity contribution in [3.8, 4) is 0 Å². The summed E-state index contributed by atoms with van der Waals surface area (Å²) >= 11 is 0. The largest absolute Gasteiger partial charge is 0.481 e. The monoisotopic (exact) mass is 252 g/mol. The summed E-state index contributed by atoms with van der Waals surface area (Å²) in [6.07, 6.45) is -0.0466. The summed E-state index contributed by atoms with van der Waals surface area (Å²) in [7, 11) is 1.66. The Morgan fingerprint density at radius 1 is 1.56 bits per heavy atom. The average Bonchev–Trinajstić information content (AvgIpc) is 2.71. The molecule has 1 atom stereocenters. The second-order valence-corrected chi connectivity index (χ2v) is 4.16. The highest BCUT2D eigenvalue weighted by molar-refractivity contribution is 6.01. The summed E-state index contributed by atoms with van der Waals surface area (Å²) < 4.78 is 13.2. The summed E-state index contributed by atoms with van der Waals surface area (Å²) in [6.45, 7) is 0.0757. The molecule has 96 valence electrons. The Morgan fingerprint density at radius 2 is 2.28 bits per heavy atom. The van der Waals surface area contributed by atoms with Gasteiger partial charge in [-0.3, -0.25) is 9.59 Å². The quantitative estimate of drug-likeness (QED) is 0.850. The minimum atomic E-state index is -1.01. The number of amides is 1. The number of carbonyl (C=O) groups is 2. The molecule has 0 spiro atoms. The topological polar surface area (TPSA) is 69.6 Å². The van der Waals surface area contributed by atoms with Gasteiger partial charge in [0.2, 0.25) is 5.91 Å². The Kier molecular flexibility index (Phi) is 3.18. The van der Waals surface area contributed by atoms with Crippen LogP contribution in [0.4, 0.5) is 15.8 Å². The number of benzene rings is 1. The van der Waals surface area contributed by atoms with Gasteiger partial charge >= 0.3 is 5.97 Å². The molecule has 2 N–H and O–H groups in total. The molecular weight excluding hydrogens is 239 g/mol. The molecule has 1 aliphatic heterocycles. The molecule has 1 heterocycles. The summed E-state index contributed by atoms with van der Waals surface area (Å²) in [5.74, 6) is -2.50. The SMILES string of the molecule is CNc1ccc(F)cc1N1CC(C(=O)O)CC1=O. The molecule has 1 saturated heterocycles. The third-order valence-corrected chi connectivity index (χ3v) is 2.99. The highest BCUT2D eigenvalue weighted by Crippen LogP contribution is 2.31. The van der Waals surface area contributed by atoms with Crippen molar-refractivity contribution in [2.45, 2.75) is 6.42 Å². The van der Waals surface area contributed by atoms with Crippen molar-refractivity contribution in [3.63, 3.8) is 0 Å². The van der Waals surface area contributed by atoms with Crippen LogP contribution in [-0.2, 0) is 9.59 Å². The van der Waals surface area contributed by atoms with Gasteiger partial charge in [-0.15, -0.1) is 0 Å². The smallest absolute Gasteiger partial charge is 0.308 e. The first kappa shape index (κ1) is 12.3. The Balaban J connectivity index is 2.34. The van der Waals surface area contributed by atoms with E-state index in [9.17, 15) is 14.0 Å². The van der Waals surface area contributed by atoms with E-state index < -0.39 is 17.7 Å².